The highest BCUT2D eigenvalue weighted by Gasteiger charge is 2.30. The minimum absolute atomic E-state index is 0.131. The third-order valence-corrected chi connectivity index (χ3v) is 7.29. The van der Waals surface area contributed by atoms with Crippen LogP contribution in [0.25, 0.3) is 10.9 Å². The van der Waals surface area contributed by atoms with Gasteiger partial charge in [-0.2, -0.15) is 0 Å². The number of hydrogen-bond acceptors (Lipinski definition) is 4. The van der Waals surface area contributed by atoms with Crippen molar-refractivity contribution in [2.24, 2.45) is 0 Å². The Bertz CT molecular complexity index is 1280. The molecular weight excluding hydrogens is 459 g/mol. The molecule has 3 heterocycles. The Morgan fingerprint density at radius 3 is 2.74 bits per heavy atom. The van der Waals surface area contributed by atoms with Crippen LogP contribution in [0.15, 0.2) is 36.5 Å². The van der Waals surface area contributed by atoms with Gasteiger partial charge in [0, 0.05) is 53.9 Å². The molecule has 2 amide bonds. The van der Waals surface area contributed by atoms with Gasteiger partial charge in [0.2, 0.25) is 0 Å². The summed E-state index contributed by atoms with van der Waals surface area (Å²) in [5, 5.41) is 10.7. The maximum absolute atomic E-state index is 13.3. The van der Waals surface area contributed by atoms with Gasteiger partial charge in [0.1, 0.15) is 5.82 Å². The molecule has 1 aliphatic carbocycles. The van der Waals surface area contributed by atoms with Crippen LogP contribution in [0.3, 0.4) is 0 Å². The van der Waals surface area contributed by atoms with E-state index in [9.17, 15) is 19.1 Å². The minimum atomic E-state index is -0.969. The first-order chi connectivity index (χ1) is 16.3. The van der Waals surface area contributed by atoms with E-state index in [4.69, 9.17) is 16.6 Å². The van der Waals surface area contributed by atoms with E-state index < -0.39 is 6.09 Å². The van der Waals surface area contributed by atoms with Gasteiger partial charge in [-0.25, -0.2) is 9.18 Å². The highest BCUT2D eigenvalue weighted by atomic mass is 35.5. The number of benzene rings is 1. The number of piperazine rings is 1. The zero-order valence-corrected chi connectivity index (χ0v) is 19.4. The number of aromatic nitrogens is 2. The lowest BCUT2D eigenvalue weighted by Crippen LogP contribution is -2.55. The van der Waals surface area contributed by atoms with Crippen LogP contribution in [-0.2, 0) is 12.8 Å². The summed E-state index contributed by atoms with van der Waals surface area (Å²) < 4.78 is 13.3. The van der Waals surface area contributed by atoms with Gasteiger partial charge in [-0.3, -0.25) is 14.8 Å². The molecule has 2 aromatic heterocycles. The van der Waals surface area contributed by atoms with Crippen molar-refractivity contribution in [1.29, 1.82) is 0 Å². The molecule has 2 aliphatic rings. The van der Waals surface area contributed by atoms with Crippen LogP contribution in [0.2, 0.25) is 5.02 Å². The highest BCUT2D eigenvalue weighted by Crippen LogP contribution is 2.37. The molecule has 0 radical (unpaired) electrons. The van der Waals surface area contributed by atoms with Crippen LogP contribution in [-0.4, -0.2) is 62.6 Å². The predicted octanol–water partition coefficient (Wildman–Crippen LogP) is 4.52. The molecule has 1 fully saturated rings. The van der Waals surface area contributed by atoms with Crippen LogP contribution < -0.4 is 0 Å². The van der Waals surface area contributed by atoms with Crippen LogP contribution in [0.4, 0.5) is 9.18 Å². The maximum Gasteiger partial charge on any atom is 0.407 e. The first-order valence-electron chi connectivity index (χ1n) is 11.3. The number of halogens is 2. The van der Waals surface area contributed by atoms with E-state index in [0.717, 1.165) is 35.2 Å². The first-order valence-corrected chi connectivity index (χ1v) is 11.7. The number of carboxylic acid groups (broad SMARTS) is 1. The number of carbonyl (C=O) groups is 2. The topological polar surface area (TPSA) is 86.6 Å². The first kappa shape index (κ1) is 22.5. The lowest BCUT2D eigenvalue weighted by molar-refractivity contribution is 0.0507. The maximum atomic E-state index is 13.3. The predicted molar refractivity (Wildman–Crippen MR) is 126 cm³/mol. The molecular formula is C25H24ClFN4O3. The number of carbonyl (C=O) groups excluding carboxylic acids is 1. The van der Waals surface area contributed by atoms with Gasteiger partial charge in [0.25, 0.3) is 5.91 Å². The molecule has 7 nitrogen and oxygen atoms in total. The minimum Gasteiger partial charge on any atom is -0.465 e. The van der Waals surface area contributed by atoms with E-state index >= 15 is 0 Å². The summed E-state index contributed by atoms with van der Waals surface area (Å²) in [6, 6.07) is 8.23. The van der Waals surface area contributed by atoms with Gasteiger partial charge in [-0.15, -0.1) is 0 Å². The Morgan fingerprint density at radius 1 is 1.21 bits per heavy atom. The van der Waals surface area contributed by atoms with Gasteiger partial charge in [0.05, 0.1) is 16.7 Å². The molecule has 1 unspecified atom stereocenters. The monoisotopic (exact) mass is 482 g/mol. The number of fused-ring (bicyclic) bond motifs is 2. The fourth-order valence-electron chi connectivity index (χ4n) is 5.01. The Kier molecular flexibility index (Phi) is 5.85. The molecule has 9 heteroatoms. The normalized spacial score (nSPS) is 20.3. The van der Waals surface area contributed by atoms with Gasteiger partial charge < -0.3 is 14.9 Å². The molecule has 1 saturated heterocycles. The summed E-state index contributed by atoms with van der Waals surface area (Å²) in [4.78, 5) is 36.6. The average Bonchev–Trinajstić information content (AvgIpc) is 2.83. The summed E-state index contributed by atoms with van der Waals surface area (Å²) in [6.07, 6.45) is 2.53. The van der Waals surface area contributed by atoms with Crippen molar-refractivity contribution in [2.75, 3.05) is 19.6 Å². The molecule has 2 atom stereocenters. The quantitative estimate of drug-likeness (QED) is 0.580. The molecule has 176 valence electrons. The van der Waals surface area contributed by atoms with E-state index in [1.807, 2.05) is 6.07 Å². The summed E-state index contributed by atoms with van der Waals surface area (Å²) in [5.74, 6) is -0.378. The second kappa shape index (κ2) is 8.83. The van der Waals surface area contributed by atoms with Crippen molar-refractivity contribution >= 4 is 34.5 Å². The zero-order valence-electron chi connectivity index (χ0n) is 18.7. The Hall–Kier alpha value is -3.26. The van der Waals surface area contributed by atoms with Crippen LogP contribution in [0.5, 0.6) is 0 Å². The van der Waals surface area contributed by atoms with Crippen molar-refractivity contribution in [3.63, 3.8) is 0 Å². The number of nitrogens with zero attached hydrogens (tertiary/aromatic N) is 4. The van der Waals surface area contributed by atoms with Crippen molar-refractivity contribution in [1.82, 2.24) is 19.8 Å². The lowest BCUT2D eigenvalue weighted by atomic mass is 9.84. The molecule has 1 N–H and O–H groups in total. The fraction of sp³-hybridized carbons (Fsp3) is 0.360. The van der Waals surface area contributed by atoms with Crippen molar-refractivity contribution in [3.05, 3.63) is 69.9 Å². The third kappa shape index (κ3) is 4.07. The largest absolute Gasteiger partial charge is 0.465 e. The van der Waals surface area contributed by atoms with E-state index in [1.54, 1.807) is 30.0 Å². The summed E-state index contributed by atoms with van der Waals surface area (Å²) >= 11 is 6.76. The molecule has 5 rings (SSSR count). The molecule has 0 bridgehead atoms. The van der Waals surface area contributed by atoms with Crippen molar-refractivity contribution < 1.29 is 19.1 Å². The Balaban J connectivity index is 1.42. The summed E-state index contributed by atoms with van der Waals surface area (Å²) in [6.45, 7) is 2.77. The standard InChI is InChI=1S/C25H24ClFN4O3/c1-14-13-30(8-9-31(14)25(33)34)24(32)16-3-6-19-22(11-16)29-21-10-15(2-5-18(21)23(19)26)20-7-4-17(27)12-28-20/h3-4,6-7,11-12,14-15H,2,5,8-10,13H2,1H3,(H,33,34)/t14-,15?/m1/s1. The highest BCUT2D eigenvalue weighted by molar-refractivity contribution is 6.36. The SMILES string of the molecule is C[C@@H]1CN(C(=O)c2ccc3c(Cl)c4c(nc3c2)CC(c2ccc(F)cn2)CC4)CCN1C(=O)O. The van der Waals surface area contributed by atoms with Crippen LogP contribution >= 0.6 is 11.6 Å². The van der Waals surface area contributed by atoms with Crippen molar-refractivity contribution in [3.8, 4) is 0 Å². The molecule has 0 saturated carbocycles. The molecule has 0 spiro atoms. The van der Waals surface area contributed by atoms with E-state index in [-0.39, 0.29) is 30.2 Å². The summed E-state index contributed by atoms with van der Waals surface area (Å²) in [7, 11) is 0. The second-order valence-electron chi connectivity index (χ2n) is 9.00. The zero-order chi connectivity index (χ0) is 24.0. The van der Waals surface area contributed by atoms with Gasteiger partial charge in [-0.1, -0.05) is 17.7 Å². The van der Waals surface area contributed by atoms with Gasteiger partial charge in [-0.05, 0) is 56.0 Å². The van der Waals surface area contributed by atoms with E-state index in [1.165, 1.54) is 17.2 Å². The fourth-order valence-corrected chi connectivity index (χ4v) is 5.38. The molecule has 3 aromatic rings. The number of hydrogen-bond donors (Lipinski definition) is 1. The summed E-state index contributed by atoms with van der Waals surface area (Å²) in [5.41, 5.74) is 3.89. The van der Waals surface area contributed by atoms with Crippen LogP contribution in [0.1, 0.15) is 46.6 Å². The van der Waals surface area contributed by atoms with E-state index in [0.29, 0.717) is 35.6 Å². The van der Waals surface area contributed by atoms with E-state index in [2.05, 4.69) is 4.98 Å². The smallest absolute Gasteiger partial charge is 0.407 e. The van der Waals surface area contributed by atoms with Crippen molar-refractivity contribution in [2.45, 2.75) is 38.1 Å². The molecule has 1 aromatic carbocycles. The number of pyridine rings is 2. The van der Waals surface area contributed by atoms with Gasteiger partial charge in [0.15, 0.2) is 0 Å². The molecule has 1 aliphatic heterocycles. The Labute approximate surface area is 201 Å². The lowest BCUT2D eigenvalue weighted by Gasteiger charge is -2.38. The van der Waals surface area contributed by atoms with Gasteiger partial charge >= 0.3 is 6.09 Å². The van der Waals surface area contributed by atoms with Crippen LogP contribution in [0, 0.1) is 5.82 Å². The third-order valence-electron chi connectivity index (χ3n) is 6.86. The second-order valence-corrected chi connectivity index (χ2v) is 9.38. The molecule has 34 heavy (non-hydrogen) atoms. The number of amides is 2. The Morgan fingerprint density at radius 2 is 2.03 bits per heavy atom. The average molecular weight is 483 g/mol. The number of rotatable bonds is 2.